The van der Waals surface area contributed by atoms with Crippen molar-refractivity contribution in [2.45, 2.75) is 31.4 Å². The molecule has 1 aromatic carbocycles. The minimum Gasteiger partial charge on any atom is -0.497 e. The lowest BCUT2D eigenvalue weighted by atomic mass is 10.1. The molecule has 164 valence electrons. The second-order valence-electron chi connectivity index (χ2n) is 7.18. The first kappa shape index (κ1) is 21.4. The van der Waals surface area contributed by atoms with Crippen molar-refractivity contribution in [2.24, 2.45) is 0 Å². The van der Waals surface area contributed by atoms with Crippen LogP contribution >= 0.6 is 0 Å². The smallest absolute Gasteiger partial charge is 0.246 e. The molecule has 1 saturated heterocycles. The van der Waals surface area contributed by atoms with E-state index < -0.39 is 16.1 Å². The fourth-order valence-corrected chi connectivity index (χ4v) is 5.21. The van der Waals surface area contributed by atoms with E-state index in [1.54, 1.807) is 37.3 Å². The van der Waals surface area contributed by atoms with E-state index >= 15 is 0 Å². The molecule has 0 saturated carbocycles. The molecule has 0 unspecified atom stereocenters. The Bertz CT molecular complexity index is 1160. The first-order valence-corrected chi connectivity index (χ1v) is 11.5. The third kappa shape index (κ3) is 4.18. The zero-order valence-corrected chi connectivity index (χ0v) is 18.5. The molecule has 4 rings (SSSR count). The number of methoxy groups -OCH3 is 1. The molecule has 1 aliphatic rings. The first-order valence-electron chi connectivity index (χ1n) is 10.0. The van der Waals surface area contributed by atoms with Gasteiger partial charge in [-0.15, -0.1) is 0 Å². The van der Waals surface area contributed by atoms with Crippen LogP contribution in [0, 0.1) is 6.92 Å². The topological polar surface area (TPSA) is 99.4 Å². The lowest BCUT2D eigenvalue weighted by molar-refractivity contribution is -0.00478. The van der Waals surface area contributed by atoms with Gasteiger partial charge in [0.15, 0.2) is 0 Å². The van der Waals surface area contributed by atoms with Crippen LogP contribution in [0.3, 0.4) is 0 Å². The summed E-state index contributed by atoms with van der Waals surface area (Å²) in [6, 6.07) is 7.49. The number of aromatic nitrogens is 4. The molecule has 2 aromatic heterocycles. The van der Waals surface area contributed by atoms with Crippen molar-refractivity contribution in [3.05, 3.63) is 54.2 Å². The van der Waals surface area contributed by atoms with Gasteiger partial charge in [0.25, 0.3) is 0 Å². The van der Waals surface area contributed by atoms with Crippen LogP contribution in [0.25, 0.3) is 11.3 Å². The number of sulfonamides is 1. The Morgan fingerprint density at radius 3 is 2.61 bits per heavy atom. The summed E-state index contributed by atoms with van der Waals surface area (Å²) in [7, 11) is -2.09. The molecule has 0 aliphatic carbocycles. The molecule has 3 heterocycles. The molecule has 31 heavy (non-hydrogen) atoms. The third-order valence-electron chi connectivity index (χ3n) is 5.27. The summed E-state index contributed by atoms with van der Waals surface area (Å²) in [6.07, 6.45) is 4.26. The fraction of sp³-hybridized carbons (Fsp3) is 0.381. The molecular formula is C21H25N5O4S. The zero-order valence-electron chi connectivity index (χ0n) is 17.7. The Kier molecular flexibility index (Phi) is 6.03. The molecule has 1 atom stereocenters. The van der Waals surface area contributed by atoms with Gasteiger partial charge in [-0.05, 0) is 38.1 Å². The van der Waals surface area contributed by atoms with Gasteiger partial charge < -0.3 is 9.47 Å². The average Bonchev–Trinajstić information content (AvgIpc) is 3.21. The van der Waals surface area contributed by atoms with Crippen molar-refractivity contribution in [2.75, 3.05) is 26.8 Å². The molecule has 0 N–H and O–H groups in total. The van der Waals surface area contributed by atoms with Gasteiger partial charge in [-0.1, -0.05) is 0 Å². The molecule has 0 radical (unpaired) electrons. The molecule has 9 nitrogen and oxygen atoms in total. The van der Waals surface area contributed by atoms with Crippen molar-refractivity contribution in [3.63, 3.8) is 0 Å². The Balaban J connectivity index is 1.64. The van der Waals surface area contributed by atoms with Crippen molar-refractivity contribution >= 4 is 10.0 Å². The van der Waals surface area contributed by atoms with Crippen molar-refractivity contribution in [1.29, 1.82) is 0 Å². The van der Waals surface area contributed by atoms with E-state index in [0.29, 0.717) is 23.6 Å². The van der Waals surface area contributed by atoms with Gasteiger partial charge in [0, 0.05) is 43.8 Å². The number of benzene rings is 1. The quantitative estimate of drug-likeness (QED) is 0.577. The molecule has 1 fully saturated rings. The van der Waals surface area contributed by atoms with Gasteiger partial charge in [-0.3, -0.25) is 14.6 Å². The van der Waals surface area contributed by atoms with Gasteiger partial charge >= 0.3 is 0 Å². The Morgan fingerprint density at radius 2 is 1.94 bits per heavy atom. The zero-order chi connectivity index (χ0) is 22.0. The summed E-state index contributed by atoms with van der Waals surface area (Å²) in [5.41, 5.74) is 2.61. The molecule has 10 heteroatoms. The van der Waals surface area contributed by atoms with E-state index in [4.69, 9.17) is 9.47 Å². The molecule has 0 spiro atoms. The largest absolute Gasteiger partial charge is 0.497 e. The molecule has 3 aromatic rings. The van der Waals surface area contributed by atoms with Gasteiger partial charge in [0.05, 0.1) is 30.8 Å². The summed E-state index contributed by atoms with van der Waals surface area (Å²) >= 11 is 0. The highest BCUT2D eigenvalue weighted by Crippen LogP contribution is 2.32. The lowest BCUT2D eigenvalue weighted by Gasteiger charge is -2.32. The van der Waals surface area contributed by atoms with Gasteiger partial charge in [-0.2, -0.15) is 9.40 Å². The summed E-state index contributed by atoms with van der Waals surface area (Å²) in [4.78, 5) is 9.20. The van der Waals surface area contributed by atoms with Crippen molar-refractivity contribution < 1.29 is 17.9 Å². The van der Waals surface area contributed by atoms with E-state index in [2.05, 4.69) is 15.1 Å². The number of ether oxygens (including phenoxy) is 2. The number of aryl methyl sites for hydroxylation is 2. The van der Waals surface area contributed by atoms with Crippen molar-refractivity contribution in [3.8, 4) is 17.0 Å². The number of hydrogen-bond donors (Lipinski definition) is 0. The minimum absolute atomic E-state index is 0.154. The van der Waals surface area contributed by atoms with Crippen LogP contribution in [-0.4, -0.2) is 59.3 Å². The standard InChI is InChI=1S/C21H25N5O4S/c1-4-25-14-19(15(2)24-25)31(27,28)26-11-12-30-18(13-26)21-20(22-9-10-23-21)16-5-7-17(29-3)8-6-16/h5-10,14,18H,4,11-13H2,1-3H3/t18-/m1/s1. The summed E-state index contributed by atoms with van der Waals surface area (Å²) in [5, 5.41) is 4.28. The highest BCUT2D eigenvalue weighted by Gasteiger charge is 2.35. The van der Waals surface area contributed by atoms with Crippen LogP contribution in [0.5, 0.6) is 5.75 Å². The van der Waals surface area contributed by atoms with Crippen LogP contribution < -0.4 is 4.74 Å². The normalized spacial score (nSPS) is 17.6. The average molecular weight is 444 g/mol. The monoisotopic (exact) mass is 443 g/mol. The fourth-order valence-electron chi connectivity index (χ4n) is 3.62. The van der Waals surface area contributed by atoms with Crippen LogP contribution in [0.4, 0.5) is 0 Å². The van der Waals surface area contributed by atoms with E-state index in [9.17, 15) is 8.42 Å². The Labute approximate surface area is 181 Å². The number of nitrogens with zero attached hydrogens (tertiary/aromatic N) is 5. The van der Waals surface area contributed by atoms with E-state index in [0.717, 1.165) is 11.3 Å². The van der Waals surface area contributed by atoms with Crippen LogP contribution in [0.1, 0.15) is 24.4 Å². The van der Waals surface area contributed by atoms with Crippen LogP contribution in [0.15, 0.2) is 47.8 Å². The van der Waals surface area contributed by atoms with Crippen LogP contribution in [0.2, 0.25) is 0 Å². The van der Waals surface area contributed by atoms with E-state index in [1.807, 2.05) is 31.2 Å². The van der Waals surface area contributed by atoms with Gasteiger partial charge in [0.1, 0.15) is 16.7 Å². The van der Waals surface area contributed by atoms with Crippen molar-refractivity contribution in [1.82, 2.24) is 24.1 Å². The molecule has 1 aliphatic heterocycles. The summed E-state index contributed by atoms with van der Waals surface area (Å²) in [6.45, 7) is 4.93. The highest BCUT2D eigenvalue weighted by molar-refractivity contribution is 7.89. The second-order valence-corrected chi connectivity index (χ2v) is 9.08. The predicted octanol–water partition coefficient (Wildman–Crippen LogP) is 2.44. The summed E-state index contributed by atoms with van der Waals surface area (Å²) in [5.74, 6) is 0.739. The maximum atomic E-state index is 13.3. The Morgan fingerprint density at radius 1 is 1.19 bits per heavy atom. The van der Waals surface area contributed by atoms with Crippen LogP contribution in [-0.2, 0) is 21.3 Å². The van der Waals surface area contributed by atoms with E-state index in [-0.39, 0.29) is 24.6 Å². The second kappa shape index (κ2) is 8.74. The molecular weight excluding hydrogens is 418 g/mol. The number of hydrogen-bond acceptors (Lipinski definition) is 7. The number of rotatable bonds is 6. The molecule has 0 bridgehead atoms. The first-order chi connectivity index (χ1) is 14.9. The third-order valence-corrected chi connectivity index (χ3v) is 7.24. The maximum Gasteiger partial charge on any atom is 0.246 e. The van der Waals surface area contributed by atoms with Gasteiger partial charge in [-0.25, -0.2) is 8.42 Å². The SMILES string of the molecule is CCn1cc(S(=O)(=O)N2CCO[C@@H](c3nccnc3-c3ccc(OC)cc3)C2)c(C)n1. The summed E-state index contributed by atoms with van der Waals surface area (Å²) < 4.78 is 40.8. The maximum absolute atomic E-state index is 13.3. The molecule has 0 amide bonds. The minimum atomic E-state index is -3.70. The predicted molar refractivity (Wildman–Crippen MR) is 114 cm³/mol. The Hall–Kier alpha value is -2.82. The highest BCUT2D eigenvalue weighted by atomic mass is 32.2. The van der Waals surface area contributed by atoms with Gasteiger partial charge in [0.2, 0.25) is 10.0 Å². The van der Waals surface area contributed by atoms with E-state index in [1.165, 1.54) is 4.31 Å². The lowest BCUT2D eigenvalue weighted by Crippen LogP contribution is -2.42. The number of morpholine rings is 1.